The molecule has 0 atom stereocenters. The topological polar surface area (TPSA) is 69.1 Å². The molecule has 1 aromatic carbocycles. The van der Waals surface area contributed by atoms with Gasteiger partial charge in [0, 0.05) is 37.3 Å². The number of halogens is 1. The highest BCUT2D eigenvalue weighted by Gasteiger charge is 2.28. The summed E-state index contributed by atoms with van der Waals surface area (Å²) in [6, 6.07) is 3.91. The first kappa shape index (κ1) is 24.2. The van der Waals surface area contributed by atoms with E-state index in [1.54, 1.807) is 0 Å². The molecule has 29 heavy (non-hydrogen) atoms. The number of ether oxygens (including phenoxy) is 1. The van der Waals surface area contributed by atoms with Crippen LogP contribution in [0.25, 0.3) is 0 Å². The molecule has 1 aliphatic carbocycles. The molecule has 2 aliphatic rings. The second-order valence-corrected chi connectivity index (χ2v) is 8.37. The number of phenols is 1. The Morgan fingerprint density at radius 2 is 1.90 bits per heavy atom. The molecule has 3 rings (SSSR count). The molecule has 0 amide bonds. The zero-order chi connectivity index (χ0) is 20.0. The van der Waals surface area contributed by atoms with Gasteiger partial charge in [0.2, 0.25) is 0 Å². The van der Waals surface area contributed by atoms with Crippen molar-refractivity contribution in [2.24, 2.45) is 4.99 Å². The Morgan fingerprint density at radius 3 is 2.62 bits per heavy atom. The molecule has 7 heteroatoms. The smallest absolute Gasteiger partial charge is 0.191 e. The minimum atomic E-state index is 0. The van der Waals surface area contributed by atoms with E-state index in [1.165, 1.54) is 24.0 Å². The molecular weight excluding hydrogens is 479 g/mol. The number of aliphatic imine (C=N–C) groups is 1. The summed E-state index contributed by atoms with van der Waals surface area (Å²) in [5.41, 5.74) is 3.69. The first-order valence-electron chi connectivity index (χ1n) is 10.7. The fourth-order valence-electron chi connectivity index (χ4n) is 4.15. The van der Waals surface area contributed by atoms with Gasteiger partial charge in [-0.2, -0.15) is 0 Å². The van der Waals surface area contributed by atoms with Gasteiger partial charge in [-0.05, 0) is 63.6 Å². The number of guanidine groups is 1. The monoisotopic (exact) mass is 516 g/mol. The van der Waals surface area contributed by atoms with Crippen LogP contribution in [0.5, 0.6) is 5.75 Å². The number of benzene rings is 1. The summed E-state index contributed by atoms with van der Waals surface area (Å²) in [6.07, 6.45) is 4.58. The van der Waals surface area contributed by atoms with E-state index in [0.29, 0.717) is 12.3 Å². The minimum absolute atomic E-state index is 0. The second-order valence-electron chi connectivity index (χ2n) is 8.37. The highest BCUT2D eigenvalue weighted by Crippen LogP contribution is 2.31. The SMILES string of the molecule is CCNC(=NCc1c(O)ccc2c1CCCC2)NCC(C)(C)N1CCOCC1.I. The molecule has 0 aromatic heterocycles. The Balaban J connectivity index is 0.00000300. The Hall–Kier alpha value is -1.06. The van der Waals surface area contributed by atoms with Gasteiger partial charge in [-0.15, -0.1) is 24.0 Å². The second kappa shape index (κ2) is 11.4. The molecule has 3 N–H and O–H groups in total. The molecular formula is C22H37IN4O2. The van der Waals surface area contributed by atoms with Crippen molar-refractivity contribution in [3.63, 3.8) is 0 Å². The zero-order valence-corrected chi connectivity index (χ0v) is 20.4. The maximum atomic E-state index is 10.4. The van der Waals surface area contributed by atoms with Crippen molar-refractivity contribution in [1.29, 1.82) is 0 Å². The normalized spacial score (nSPS) is 18.0. The van der Waals surface area contributed by atoms with Crippen LogP contribution in [0.15, 0.2) is 17.1 Å². The third-order valence-corrected chi connectivity index (χ3v) is 5.92. The molecule has 1 saturated heterocycles. The largest absolute Gasteiger partial charge is 0.508 e. The van der Waals surface area contributed by atoms with Crippen LogP contribution in [0.3, 0.4) is 0 Å². The van der Waals surface area contributed by atoms with E-state index < -0.39 is 0 Å². The van der Waals surface area contributed by atoms with Crippen molar-refractivity contribution >= 4 is 29.9 Å². The van der Waals surface area contributed by atoms with Gasteiger partial charge in [0.15, 0.2) is 5.96 Å². The van der Waals surface area contributed by atoms with E-state index in [9.17, 15) is 5.11 Å². The van der Waals surface area contributed by atoms with E-state index in [4.69, 9.17) is 9.73 Å². The van der Waals surface area contributed by atoms with Crippen LogP contribution < -0.4 is 10.6 Å². The van der Waals surface area contributed by atoms with Crippen molar-refractivity contribution < 1.29 is 9.84 Å². The van der Waals surface area contributed by atoms with E-state index in [2.05, 4.69) is 42.4 Å². The van der Waals surface area contributed by atoms with Crippen LogP contribution in [0, 0.1) is 0 Å². The molecule has 0 unspecified atom stereocenters. The third-order valence-electron chi connectivity index (χ3n) is 5.92. The van der Waals surface area contributed by atoms with Crippen molar-refractivity contribution in [2.75, 3.05) is 39.4 Å². The van der Waals surface area contributed by atoms with Gasteiger partial charge in [0.25, 0.3) is 0 Å². The number of morpholine rings is 1. The highest BCUT2D eigenvalue weighted by atomic mass is 127. The van der Waals surface area contributed by atoms with Crippen LogP contribution in [-0.4, -0.2) is 60.9 Å². The molecule has 6 nitrogen and oxygen atoms in total. The van der Waals surface area contributed by atoms with E-state index in [1.807, 2.05) is 6.07 Å². The van der Waals surface area contributed by atoms with E-state index in [0.717, 1.165) is 63.8 Å². The number of aromatic hydroxyl groups is 1. The zero-order valence-electron chi connectivity index (χ0n) is 18.1. The van der Waals surface area contributed by atoms with Crippen molar-refractivity contribution in [3.8, 4) is 5.75 Å². The van der Waals surface area contributed by atoms with Gasteiger partial charge in [0.05, 0.1) is 19.8 Å². The van der Waals surface area contributed by atoms with Crippen molar-refractivity contribution in [1.82, 2.24) is 15.5 Å². The standard InChI is InChI=1S/C22H36N4O2.HI/c1-4-23-21(25-16-22(2,3)26-11-13-28-14-12-26)24-15-19-18-8-6-5-7-17(18)9-10-20(19)27;/h9-10,27H,4-8,11-16H2,1-3H3,(H2,23,24,25);1H. The van der Waals surface area contributed by atoms with Crippen LogP contribution >= 0.6 is 24.0 Å². The number of rotatable bonds is 6. The number of aryl methyl sites for hydroxylation is 1. The first-order valence-corrected chi connectivity index (χ1v) is 10.7. The molecule has 0 spiro atoms. The molecule has 0 saturated carbocycles. The lowest BCUT2D eigenvalue weighted by Gasteiger charge is -2.41. The van der Waals surface area contributed by atoms with E-state index >= 15 is 0 Å². The Bertz CT molecular complexity index is 688. The summed E-state index contributed by atoms with van der Waals surface area (Å²) >= 11 is 0. The van der Waals surface area contributed by atoms with Gasteiger partial charge in [0.1, 0.15) is 5.75 Å². The summed E-state index contributed by atoms with van der Waals surface area (Å²) in [5.74, 6) is 1.17. The third kappa shape index (κ3) is 6.46. The van der Waals surface area contributed by atoms with Gasteiger partial charge < -0.3 is 20.5 Å². The molecule has 0 bridgehead atoms. The molecule has 1 aromatic rings. The predicted octanol–water partition coefficient (Wildman–Crippen LogP) is 3.05. The summed E-state index contributed by atoms with van der Waals surface area (Å²) in [7, 11) is 0. The van der Waals surface area contributed by atoms with Crippen LogP contribution in [-0.2, 0) is 24.1 Å². The fourth-order valence-corrected chi connectivity index (χ4v) is 4.15. The summed E-state index contributed by atoms with van der Waals surface area (Å²) in [6.45, 7) is 12.2. The quantitative estimate of drug-likeness (QED) is 0.308. The summed E-state index contributed by atoms with van der Waals surface area (Å²) < 4.78 is 5.48. The Labute approximate surface area is 192 Å². The number of fused-ring (bicyclic) bond motifs is 1. The molecule has 164 valence electrons. The maximum absolute atomic E-state index is 10.4. The van der Waals surface area contributed by atoms with Gasteiger partial charge in [-0.25, -0.2) is 4.99 Å². The van der Waals surface area contributed by atoms with Crippen LogP contribution in [0.2, 0.25) is 0 Å². The molecule has 0 radical (unpaired) electrons. The fraction of sp³-hybridized carbons (Fsp3) is 0.682. The van der Waals surface area contributed by atoms with E-state index in [-0.39, 0.29) is 29.5 Å². The lowest BCUT2D eigenvalue weighted by molar-refractivity contribution is -0.00834. The average molecular weight is 516 g/mol. The van der Waals surface area contributed by atoms with Crippen LogP contribution in [0.1, 0.15) is 50.3 Å². The summed E-state index contributed by atoms with van der Waals surface area (Å²) in [4.78, 5) is 7.26. The average Bonchev–Trinajstić information content (AvgIpc) is 2.72. The first-order chi connectivity index (χ1) is 13.5. The van der Waals surface area contributed by atoms with Gasteiger partial charge >= 0.3 is 0 Å². The minimum Gasteiger partial charge on any atom is -0.508 e. The maximum Gasteiger partial charge on any atom is 0.191 e. The molecule has 1 aliphatic heterocycles. The number of phenolic OH excluding ortho intramolecular Hbond substituents is 1. The molecule has 1 heterocycles. The number of hydrogen-bond acceptors (Lipinski definition) is 4. The summed E-state index contributed by atoms with van der Waals surface area (Å²) in [5, 5.41) is 17.3. The Kier molecular flexibility index (Phi) is 9.49. The highest BCUT2D eigenvalue weighted by molar-refractivity contribution is 14.0. The molecule has 1 fully saturated rings. The van der Waals surface area contributed by atoms with Gasteiger partial charge in [-0.3, -0.25) is 4.90 Å². The Morgan fingerprint density at radius 1 is 1.17 bits per heavy atom. The van der Waals surface area contributed by atoms with Crippen molar-refractivity contribution in [3.05, 3.63) is 28.8 Å². The lowest BCUT2D eigenvalue weighted by atomic mass is 9.88. The predicted molar refractivity (Wildman–Crippen MR) is 129 cm³/mol. The van der Waals surface area contributed by atoms with Crippen LogP contribution in [0.4, 0.5) is 0 Å². The number of nitrogens with one attached hydrogen (secondary N) is 2. The lowest BCUT2D eigenvalue weighted by Crippen LogP contribution is -2.56. The van der Waals surface area contributed by atoms with Crippen molar-refractivity contribution in [2.45, 2.75) is 58.5 Å². The number of nitrogens with zero attached hydrogens (tertiary/aromatic N) is 2. The number of hydrogen-bond donors (Lipinski definition) is 3. The van der Waals surface area contributed by atoms with Gasteiger partial charge in [-0.1, -0.05) is 6.07 Å².